The van der Waals surface area contributed by atoms with Crippen molar-refractivity contribution in [2.75, 3.05) is 10.2 Å². The minimum atomic E-state index is -4.73. The van der Waals surface area contributed by atoms with Gasteiger partial charge in [0.1, 0.15) is 23.3 Å². The minimum absolute atomic E-state index is 0.0181. The summed E-state index contributed by atoms with van der Waals surface area (Å²) in [6.45, 7) is 1.13. The van der Waals surface area contributed by atoms with E-state index < -0.39 is 46.4 Å². The summed E-state index contributed by atoms with van der Waals surface area (Å²) in [4.78, 5) is 29.5. The van der Waals surface area contributed by atoms with Crippen molar-refractivity contribution in [3.63, 3.8) is 0 Å². The van der Waals surface area contributed by atoms with Gasteiger partial charge in [-0.3, -0.25) is 14.5 Å². The summed E-state index contributed by atoms with van der Waals surface area (Å²) in [7, 11) is 0. The quantitative estimate of drug-likeness (QED) is 0.283. The Morgan fingerprint density at radius 3 is 2.50 bits per heavy atom. The van der Waals surface area contributed by atoms with Crippen molar-refractivity contribution in [1.29, 1.82) is 5.26 Å². The van der Waals surface area contributed by atoms with Gasteiger partial charge in [-0.05, 0) is 30.3 Å². The van der Waals surface area contributed by atoms with Crippen LogP contribution in [0.25, 0.3) is 6.08 Å². The van der Waals surface area contributed by atoms with Crippen LogP contribution < -0.4 is 10.2 Å². The van der Waals surface area contributed by atoms with Gasteiger partial charge in [-0.2, -0.15) is 18.4 Å². The van der Waals surface area contributed by atoms with Crippen LogP contribution in [0, 0.1) is 23.0 Å². The first-order chi connectivity index (χ1) is 16.0. The lowest BCUT2D eigenvalue weighted by Gasteiger charge is -2.18. The summed E-state index contributed by atoms with van der Waals surface area (Å²) in [5.74, 6) is -3.61. The third-order valence-electron chi connectivity index (χ3n) is 4.30. The first kappa shape index (κ1) is 24.5. The van der Waals surface area contributed by atoms with Gasteiger partial charge in [0, 0.05) is 18.4 Å². The predicted molar refractivity (Wildman–Crippen MR) is 115 cm³/mol. The Morgan fingerprint density at radius 2 is 1.88 bits per heavy atom. The Bertz CT molecular complexity index is 1330. The first-order valence-electron chi connectivity index (χ1n) is 9.32. The molecule has 0 atom stereocenters. The molecule has 2 aromatic carbocycles. The fraction of sp³-hybridized carbons (Fsp3) is 0.0909. The van der Waals surface area contributed by atoms with Crippen molar-refractivity contribution in [2.45, 2.75) is 13.1 Å². The van der Waals surface area contributed by atoms with E-state index in [4.69, 9.17) is 0 Å². The van der Waals surface area contributed by atoms with Gasteiger partial charge >= 0.3 is 6.18 Å². The molecule has 0 fully saturated rings. The smallest absolute Gasteiger partial charge is 0.321 e. The monoisotopic (exact) mass is 492 g/mol. The summed E-state index contributed by atoms with van der Waals surface area (Å²) in [5, 5.41) is 12.7. The van der Waals surface area contributed by atoms with Crippen LogP contribution in [0.15, 0.2) is 53.4 Å². The summed E-state index contributed by atoms with van der Waals surface area (Å²) in [6, 6.07) is 8.45. The largest absolute Gasteiger partial charge is 0.418 e. The third-order valence-corrected chi connectivity index (χ3v) is 5.15. The van der Waals surface area contributed by atoms with Gasteiger partial charge < -0.3 is 5.32 Å². The predicted octanol–water partition coefficient (Wildman–Crippen LogP) is 5.67. The van der Waals surface area contributed by atoms with Crippen molar-refractivity contribution < 1.29 is 31.5 Å². The number of amides is 2. The average molecular weight is 492 g/mol. The summed E-state index contributed by atoms with van der Waals surface area (Å²) >= 11 is 0.867. The fourth-order valence-corrected chi connectivity index (χ4v) is 3.68. The van der Waals surface area contributed by atoms with Crippen LogP contribution in [0.2, 0.25) is 0 Å². The molecule has 34 heavy (non-hydrogen) atoms. The van der Waals surface area contributed by atoms with Crippen LogP contribution in [-0.4, -0.2) is 16.8 Å². The lowest BCUT2D eigenvalue weighted by Crippen LogP contribution is -2.23. The number of thiazole rings is 1. The van der Waals surface area contributed by atoms with Gasteiger partial charge in [0.15, 0.2) is 5.13 Å². The van der Waals surface area contributed by atoms with Gasteiger partial charge in [0.2, 0.25) is 5.91 Å². The van der Waals surface area contributed by atoms with Crippen LogP contribution >= 0.6 is 11.3 Å². The standard InChI is InChI=1S/C22H13F5N4O2S/c1-12(32)31(19-7-6-14(23)9-17(19)24)21-29-15(11-34-21)8-13(10-28)20(33)30-18-5-3-2-4-16(18)22(25,26)27/h2-9,11H,1H3,(H,30,33)/b13-8+. The number of halogens is 5. The molecule has 0 saturated carbocycles. The fourth-order valence-electron chi connectivity index (χ4n) is 2.84. The Balaban J connectivity index is 1.90. The zero-order valence-corrected chi connectivity index (χ0v) is 18.0. The number of nitrogens with zero attached hydrogens (tertiary/aromatic N) is 3. The highest BCUT2D eigenvalue weighted by Crippen LogP contribution is 2.35. The number of benzene rings is 2. The maximum atomic E-state index is 14.2. The molecular weight excluding hydrogens is 479 g/mol. The van der Waals surface area contributed by atoms with E-state index in [1.807, 2.05) is 0 Å². The minimum Gasteiger partial charge on any atom is -0.321 e. The Kier molecular flexibility index (Phi) is 7.07. The lowest BCUT2D eigenvalue weighted by atomic mass is 10.1. The molecule has 1 heterocycles. The maximum Gasteiger partial charge on any atom is 0.418 e. The number of carbonyl (C=O) groups is 2. The van der Waals surface area contributed by atoms with Gasteiger partial charge in [-0.25, -0.2) is 13.8 Å². The molecule has 0 aliphatic carbocycles. The van der Waals surface area contributed by atoms with Gasteiger partial charge in [0.25, 0.3) is 5.91 Å². The molecule has 3 aromatic rings. The highest BCUT2D eigenvalue weighted by molar-refractivity contribution is 7.14. The Morgan fingerprint density at radius 1 is 1.18 bits per heavy atom. The van der Waals surface area contributed by atoms with Crippen molar-refractivity contribution in [3.8, 4) is 6.07 Å². The number of hydrogen-bond donors (Lipinski definition) is 1. The van der Waals surface area contributed by atoms with E-state index in [1.54, 1.807) is 6.07 Å². The molecule has 0 spiro atoms. The molecule has 1 N–H and O–H groups in total. The molecule has 0 saturated heterocycles. The molecule has 0 unspecified atom stereocenters. The summed E-state index contributed by atoms with van der Waals surface area (Å²) in [5.41, 5.74) is -2.42. The SMILES string of the molecule is CC(=O)N(c1nc(/C=C(\C#N)C(=O)Nc2ccccc2C(F)(F)F)cs1)c1ccc(F)cc1F. The molecule has 0 bridgehead atoms. The number of aromatic nitrogens is 1. The number of alkyl halides is 3. The molecule has 0 aliphatic heterocycles. The Labute approximate surface area is 193 Å². The molecule has 174 valence electrons. The van der Waals surface area contributed by atoms with Crippen LogP contribution in [0.5, 0.6) is 0 Å². The molecule has 0 radical (unpaired) electrons. The maximum absolute atomic E-state index is 14.2. The number of nitriles is 1. The zero-order valence-electron chi connectivity index (χ0n) is 17.2. The number of nitrogens with one attached hydrogen (secondary N) is 1. The van der Waals surface area contributed by atoms with Gasteiger partial charge in [-0.1, -0.05) is 12.1 Å². The molecule has 6 nitrogen and oxygen atoms in total. The lowest BCUT2D eigenvalue weighted by molar-refractivity contribution is -0.137. The molecular formula is C22H13F5N4O2S. The van der Waals surface area contributed by atoms with Gasteiger partial charge in [-0.15, -0.1) is 11.3 Å². The Hall–Kier alpha value is -4.11. The number of rotatable bonds is 5. The highest BCUT2D eigenvalue weighted by atomic mass is 32.1. The van der Waals surface area contributed by atoms with Crippen molar-refractivity contribution in [2.24, 2.45) is 0 Å². The van der Waals surface area contributed by atoms with Gasteiger partial charge in [0.05, 0.1) is 22.6 Å². The second-order valence-corrected chi connectivity index (χ2v) is 7.51. The molecule has 3 rings (SSSR count). The van der Waals surface area contributed by atoms with E-state index in [2.05, 4.69) is 10.3 Å². The number of para-hydroxylation sites is 1. The molecule has 0 aliphatic rings. The summed E-state index contributed by atoms with van der Waals surface area (Å²) < 4.78 is 66.9. The number of hydrogen-bond acceptors (Lipinski definition) is 5. The molecule has 1 aromatic heterocycles. The van der Waals surface area contributed by atoms with Crippen molar-refractivity contribution >= 4 is 45.7 Å². The van der Waals surface area contributed by atoms with E-state index in [0.29, 0.717) is 6.07 Å². The third kappa shape index (κ3) is 5.44. The zero-order chi connectivity index (χ0) is 25.0. The number of anilines is 3. The summed E-state index contributed by atoms with van der Waals surface area (Å²) in [6.07, 6.45) is -3.72. The van der Waals surface area contributed by atoms with Crippen LogP contribution in [-0.2, 0) is 15.8 Å². The van der Waals surface area contributed by atoms with Crippen molar-refractivity contribution in [3.05, 3.63) is 76.3 Å². The second-order valence-electron chi connectivity index (χ2n) is 6.67. The van der Waals surface area contributed by atoms with E-state index in [1.165, 1.54) is 11.4 Å². The van der Waals surface area contributed by atoms with Crippen LogP contribution in [0.1, 0.15) is 18.2 Å². The topological polar surface area (TPSA) is 86.1 Å². The average Bonchev–Trinajstić information content (AvgIpc) is 3.21. The normalized spacial score (nSPS) is 11.6. The molecule has 2 amide bonds. The van der Waals surface area contributed by atoms with E-state index >= 15 is 0 Å². The molecule has 12 heteroatoms. The van der Waals surface area contributed by atoms with E-state index in [-0.39, 0.29) is 16.5 Å². The van der Waals surface area contributed by atoms with Crippen LogP contribution in [0.4, 0.5) is 38.5 Å². The highest BCUT2D eigenvalue weighted by Gasteiger charge is 2.33. The van der Waals surface area contributed by atoms with Crippen LogP contribution in [0.3, 0.4) is 0 Å². The van der Waals surface area contributed by atoms with E-state index in [0.717, 1.165) is 59.6 Å². The van der Waals surface area contributed by atoms with Crippen molar-refractivity contribution in [1.82, 2.24) is 4.98 Å². The number of carbonyl (C=O) groups excluding carboxylic acids is 2. The van der Waals surface area contributed by atoms with E-state index in [9.17, 15) is 36.8 Å². The second kappa shape index (κ2) is 9.80. The first-order valence-corrected chi connectivity index (χ1v) is 10.2.